The maximum Gasteiger partial charge on any atom is 0.335 e. The van der Waals surface area contributed by atoms with Crippen molar-refractivity contribution in [3.05, 3.63) is 36.2 Å². The second-order valence-corrected chi connectivity index (χ2v) is 6.04. The Morgan fingerprint density at radius 3 is 2.67 bits per heavy atom. The van der Waals surface area contributed by atoms with E-state index in [1.807, 2.05) is 0 Å². The lowest BCUT2D eigenvalue weighted by Crippen LogP contribution is -2.31. The average Bonchev–Trinajstić information content (AvgIpc) is 2.95. The first-order valence-electron chi connectivity index (χ1n) is 6.02. The van der Waals surface area contributed by atoms with Crippen molar-refractivity contribution >= 4 is 27.4 Å². The molecular weight excluding hydrogens is 296 g/mol. The first-order chi connectivity index (χ1) is 9.87. The van der Waals surface area contributed by atoms with Crippen molar-refractivity contribution in [2.24, 2.45) is 0 Å². The van der Waals surface area contributed by atoms with E-state index in [9.17, 15) is 13.2 Å². The van der Waals surface area contributed by atoms with Crippen molar-refractivity contribution < 1.29 is 18.3 Å². The molecular formula is C12H14N4O4S. The Hall–Kier alpha value is -2.55. The van der Waals surface area contributed by atoms with Gasteiger partial charge in [0, 0.05) is 12.7 Å². The molecule has 0 saturated carbocycles. The van der Waals surface area contributed by atoms with E-state index in [0.29, 0.717) is 0 Å². The van der Waals surface area contributed by atoms with Gasteiger partial charge in [0.2, 0.25) is 0 Å². The van der Waals surface area contributed by atoms with Crippen LogP contribution in [0.4, 0.5) is 11.4 Å². The zero-order valence-corrected chi connectivity index (χ0v) is 12.0. The largest absolute Gasteiger partial charge is 0.478 e. The normalized spacial score (nSPS) is 11.3. The van der Waals surface area contributed by atoms with E-state index in [1.165, 1.54) is 30.6 Å². The number of anilines is 2. The third-order valence-corrected chi connectivity index (χ3v) is 4.75. The van der Waals surface area contributed by atoms with Crippen molar-refractivity contribution in [3.63, 3.8) is 0 Å². The molecule has 0 unspecified atom stereocenters. The number of rotatable bonds is 5. The van der Waals surface area contributed by atoms with Crippen LogP contribution in [0.2, 0.25) is 0 Å². The van der Waals surface area contributed by atoms with E-state index >= 15 is 0 Å². The molecule has 0 saturated heterocycles. The zero-order chi connectivity index (χ0) is 15.6. The number of sulfonamides is 1. The van der Waals surface area contributed by atoms with Gasteiger partial charge in [0.15, 0.2) is 0 Å². The quantitative estimate of drug-likeness (QED) is 0.704. The monoisotopic (exact) mass is 310 g/mol. The van der Waals surface area contributed by atoms with Crippen molar-refractivity contribution in [1.82, 2.24) is 10.2 Å². The molecule has 1 aromatic heterocycles. The van der Waals surface area contributed by atoms with Crippen LogP contribution in [-0.4, -0.2) is 36.2 Å². The Morgan fingerprint density at radius 1 is 1.48 bits per heavy atom. The van der Waals surface area contributed by atoms with Crippen molar-refractivity contribution in [2.75, 3.05) is 16.6 Å². The van der Waals surface area contributed by atoms with Gasteiger partial charge >= 0.3 is 5.97 Å². The molecule has 0 aliphatic heterocycles. The number of nitrogens with two attached hydrogens (primary N) is 1. The molecule has 0 aliphatic rings. The fourth-order valence-electron chi connectivity index (χ4n) is 1.89. The topological polar surface area (TPSA) is 129 Å². The number of carbonyl (C=O) groups is 1. The summed E-state index contributed by atoms with van der Waals surface area (Å²) in [4.78, 5) is 10.9. The molecule has 0 radical (unpaired) electrons. The maximum absolute atomic E-state index is 12.5. The number of benzene rings is 1. The van der Waals surface area contributed by atoms with Crippen molar-refractivity contribution in [3.8, 4) is 0 Å². The maximum atomic E-state index is 12.5. The minimum atomic E-state index is -3.80. The summed E-state index contributed by atoms with van der Waals surface area (Å²) in [6.07, 6.45) is 2.46. The molecule has 2 rings (SSSR count). The lowest BCUT2D eigenvalue weighted by molar-refractivity contribution is 0.0697. The Balaban J connectivity index is 2.50. The molecule has 0 aliphatic carbocycles. The molecule has 1 heterocycles. The highest BCUT2D eigenvalue weighted by molar-refractivity contribution is 7.92. The molecule has 2 aromatic rings. The summed E-state index contributed by atoms with van der Waals surface area (Å²) < 4.78 is 26.1. The molecule has 0 amide bonds. The molecule has 112 valence electrons. The van der Waals surface area contributed by atoms with Crippen molar-refractivity contribution in [2.45, 2.75) is 11.8 Å². The molecule has 0 bridgehead atoms. The fraction of sp³-hybridized carbons (Fsp3) is 0.167. The van der Waals surface area contributed by atoms with E-state index in [1.54, 1.807) is 6.92 Å². The molecule has 9 heteroatoms. The predicted molar refractivity (Wildman–Crippen MR) is 76.6 cm³/mol. The van der Waals surface area contributed by atoms with E-state index in [4.69, 9.17) is 10.8 Å². The first-order valence-corrected chi connectivity index (χ1v) is 7.46. The number of aromatic amines is 1. The summed E-state index contributed by atoms with van der Waals surface area (Å²) in [5.41, 5.74) is 6.08. The second-order valence-electron chi connectivity index (χ2n) is 4.18. The number of nitrogens with zero attached hydrogens (tertiary/aromatic N) is 2. The third kappa shape index (κ3) is 2.68. The van der Waals surface area contributed by atoms with Gasteiger partial charge in [-0.25, -0.2) is 13.2 Å². The molecule has 8 nitrogen and oxygen atoms in total. The van der Waals surface area contributed by atoms with Crippen molar-refractivity contribution in [1.29, 1.82) is 0 Å². The van der Waals surface area contributed by atoms with Crippen LogP contribution < -0.4 is 10.0 Å². The lowest BCUT2D eigenvalue weighted by Gasteiger charge is -2.23. The van der Waals surface area contributed by atoms with Gasteiger partial charge in [0.25, 0.3) is 10.0 Å². The van der Waals surface area contributed by atoms with Crippen LogP contribution in [0.1, 0.15) is 17.3 Å². The molecule has 0 fully saturated rings. The summed E-state index contributed by atoms with van der Waals surface area (Å²) in [6.45, 7) is 1.80. The summed E-state index contributed by atoms with van der Waals surface area (Å²) in [7, 11) is -3.80. The number of nitrogen functional groups attached to an aromatic ring is 1. The van der Waals surface area contributed by atoms with Gasteiger partial charge in [-0.05, 0) is 25.1 Å². The van der Waals surface area contributed by atoms with Crippen LogP contribution in [0.25, 0.3) is 0 Å². The zero-order valence-electron chi connectivity index (χ0n) is 11.1. The Kier molecular flexibility index (Phi) is 3.85. The van der Waals surface area contributed by atoms with Crippen LogP contribution in [0.5, 0.6) is 0 Å². The molecule has 0 spiro atoms. The Morgan fingerprint density at radius 2 is 2.19 bits per heavy atom. The van der Waals surface area contributed by atoms with Crippen LogP contribution in [0.15, 0.2) is 35.5 Å². The number of hydrogen-bond donors (Lipinski definition) is 3. The van der Waals surface area contributed by atoms with Crippen LogP contribution in [0, 0.1) is 0 Å². The summed E-state index contributed by atoms with van der Waals surface area (Å²) >= 11 is 0. The average molecular weight is 310 g/mol. The van der Waals surface area contributed by atoms with Crippen LogP contribution >= 0.6 is 0 Å². The highest BCUT2D eigenvalue weighted by Gasteiger charge is 2.26. The highest BCUT2D eigenvalue weighted by atomic mass is 32.2. The predicted octanol–water partition coefficient (Wildman–Crippen LogP) is 0.905. The number of H-pyrrole nitrogens is 1. The van der Waals surface area contributed by atoms with Gasteiger partial charge in [-0.2, -0.15) is 5.10 Å². The molecule has 4 N–H and O–H groups in total. The van der Waals surface area contributed by atoms with E-state index in [-0.39, 0.29) is 28.4 Å². The minimum absolute atomic E-state index is 0.00561. The Labute approximate surface area is 121 Å². The third-order valence-electron chi connectivity index (χ3n) is 2.89. The standard InChI is InChI=1S/C12H14N4O4S/c1-2-16(21(19,20)9-6-14-15-7-9)11-4-3-8(12(17)18)5-10(11)13/h3-7H,2,13H2,1H3,(H,14,15)(H,17,18). The summed E-state index contributed by atoms with van der Waals surface area (Å²) in [5.74, 6) is -1.13. The number of carboxylic acid groups (broad SMARTS) is 1. The molecule has 0 atom stereocenters. The van der Waals surface area contributed by atoms with Gasteiger partial charge in [0.1, 0.15) is 4.90 Å². The number of carboxylic acids is 1. The minimum Gasteiger partial charge on any atom is -0.478 e. The smallest absolute Gasteiger partial charge is 0.335 e. The van der Waals surface area contributed by atoms with Gasteiger partial charge in [-0.1, -0.05) is 0 Å². The summed E-state index contributed by atoms with van der Waals surface area (Å²) in [6, 6.07) is 3.91. The lowest BCUT2D eigenvalue weighted by atomic mass is 10.2. The number of aromatic nitrogens is 2. The van der Waals surface area contributed by atoms with E-state index in [0.717, 1.165) is 4.31 Å². The van der Waals surface area contributed by atoms with Gasteiger partial charge in [-0.15, -0.1) is 0 Å². The molecule has 21 heavy (non-hydrogen) atoms. The van der Waals surface area contributed by atoms with E-state index < -0.39 is 16.0 Å². The highest BCUT2D eigenvalue weighted by Crippen LogP contribution is 2.29. The van der Waals surface area contributed by atoms with Gasteiger partial charge < -0.3 is 10.8 Å². The van der Waals surface area contributed by atoms with Crippen LogP contribution in [0.3, 0.4) is 0 Å². The van der Waals surface area contributed by atoms with Gasteiger partial charge in [0.05, 0.1) is 23.1 Å². The van der Waals surface area contributed by atoms with Gasteiger partial charge in [-0.3, -0.25) is 9.40 Å². The summed E-state index contributed by atoms with van der Waals surface area (Å²) in [5, 5.41) is 15.0. The number of hydrogen-bond acceptors (Lipinski definition) is 5. The van der Waals surface area contributed by atoms with Crippen LogP contribution in [-0.2, 0) is 10.0 Å². The SMILES string of the molecule is CCN(c1ccc(C(=O)O)cc1N)S(=O)(=O)c1cn[nH]c1. The first kappa shape index (κ1) is 14.9. The Bertz CT molecular complexity index is 756. The second kappa shape index (κ2) is 5.44. The van der Waals surface area contributed by atoms with E-state index in [2.05, 4.69) is 10.2 Å². The molecule has 1 aromatic carbocycles. The number of aromatic carboxylic acids is 1. The fourth-order valence-corrected chi connectivity index (χ4v) is 3.30. The number of nitrogens with one attached hydrogen (secondary N) is 1.